The second-order valence-electron chi connectivity index (χ2n) is 4.19. The maximum Gasteiger partial charge on any atom is 0.169 e. The van der Waals surface area contributed by atoms with E-state index < -0.39 is 5.60 Å². The summed E-state index contributed by atoms with van der Waals surface area (Å²) in [7, 11) is 0. The van der Waals surface area contributed by atoms with E-state index in [-0.39, 0.29) is 11.7 Å². The van der Waals surface area contributed by atoms with E-state index in [1.165, 1.54) is 0 Å². The van der Waals surface area contributed by atoms with E-state index >= 15 is 0 Å². The molecule has 1 aliphatic carbocycles. The molecule has 0 spiro atoms. The van der Waals surface area contributed by atoms with Crippen LogP contribution in [-0.4, -0.2) is 10.9 Å². The molecule has 2 atom stereocenters. The largest absolute Gasteiger partial charge is 0.378 e. The minimum absolute atomic E-state index is 0.0799. The van der Waals surface area contributed by atoms with Crippen LogP contribution >= 0.6 is 0 Å². The molecule has 1 aromatic carbocycles. The lowest BCUT2D eigenvalue weighted by Gasteiger charge is -2.32. The van der Waals surface area contributed by atoms with Crippen molar-refractivity contribution in [2.45, 2.75) is 31.8 Å². The number of hydrogen-bond acceptors (Lipinski definition) is 2. The lowest BCUT2D eigenvalue weighted by molar-refractivity contribution is -0.138. The summed E-state index contributed by atoms with van der Waals surface area (Å²) in [5.41, 5.74) is 0.573. The smallest absolute Gasteiger partial charge is 0.169 e. The van der Waals surface area contributed by atoms with E-state index in [0.717, 1.165) is 11.1 Å². The predicted molar refractivity (Wildman–Crippen MR) is 54.1 cm³/mol. The molecule has 0 aliphatic heterocycles. The molecule has 74 valence electrons. The van der Waals surface area contributed by atoms with Crippen molar-refractivity contribution in [2.24, 2.45) is 0 Å². The standard InChI is InChI=1S/C12H14O2/c1-8-7-11(13)12(2,14)10-6-4-3-5-9(8)10/h3-6,8,14H,7H2,1-2H3/t8-,12?/m0/s1. The third kappa shape index (κ3) is 1.18. The van der Waals surface area contributed by atoms with Crippen LogP contribution in [0, 0.1) is 0 Å². The van der Waals surface area contributed by atoms with Crippen LogP contribution in [0.1, 0.15) is 37.3 Å². The third-order valence-electron chi connectivity index (χ3n) is 3.05. The molecule has 0 saturated carbocycles. The van der Waals surface area contributed by atoms with Gasteiger partial charge in [0.05, 0.1) is 0 Å². The van der Waals surface area contributed by atoms with Crippen LogP contribution < -0.4 is 0 Å². The van der Waals surface area contributed by atoms with Crippen molar-refractivity contribution in [1.29, 1.82) is 0 Å². The summed E-state index contributed by atoms with van der Waals surface area (Å²) in [4.78, 5) is 11.6. The Kier molecular flexibility index (Phi) is 1.96. The van der Waals surface area contributed by atoms with Gasteiger partial charge in [0.2, 0.25) is 0 Å². The van der Waals surface area contributed by atoms with Crippen molar-refractivity contribution in [3.05, 3.63) is 35.4 Å². The molecule has 0 amide bonds. The average molecular weight is 190 g/mol. The molecule has 1 aliphatic rings. The molecule has 1 N–H and O–H groups in total. The quantitative estimate of drug-likeness (QED) is 0.679. The fraction of sp³-hybridized carbons (Fsp3) is 0.417. The number of benzene rings is 1. The summed E-state index contributed by atoms with van der Waals surface area (Å²) in [6.07, 6.45) is 0.435. The molecule has 2 heteroatoms. The molecule has 14 heavy (non-hydrogen) atoms. The van der Waals surface area contributed by atoms with Gasteiger partial charge in [-0.2, -0.15) is 0 Å². The van der Waals surface area contributed by atoms with Crippen LogP contribution in [0.4, 0.5) is 0 Å². The van der Waals surface area contributed by atoms with Gasteiger partial charge in [-0.3, -0.25) is 4.79 Å². The third-order valence-corrected chi connectivity index (χ3v) is 3.05. The van der Waals surface area contributed by atoms with Crippen molar-refractivity contribution in [2.75, 3.05) is 0 Å². The van der Waals surface area contributed by atoms with Crippen LogP contribution in [0.25, 0.3) is 0 Å². The fourth-order valence-corrected chi connectivity index (χ4v) is 2.11. The summed E-state index contributed by atoms with van der Waals surface area (Å²) >= 11 is 0. The zero-order valence-electron chi connectivity index (χ0n) is 8.45. The maximum atomic E-state index is 11.6. The van der Waals surface area contributed by atoms with Gasteiger partial charge in [-0.05, 0) is 24.0 Å². The molecule has 0 fully saturated rings. The molecule has 1 unspecified atom stereocenters. The van der Waals surface area contributed by atoms with Crippen molar-refractivity contribution >= 4 is 5.78 Å². The molecule has 1 aromatic rings. The second-order valence-corrected chi connectivity index (χ2v) is 4.19. The Morgan fingerprint density at radius 2 is 2.07 bits per heavy atom. The zero-order chi connectivity index (χ0) is 10.3. The van der Waals surface area contributed by atoms with E-state index in [4.69, 9.17) is 0 Å². The van der Waals surface area contributed by atoms with Crippen molar-refractivity contribution < 1.29 is 9.90 Å². The minimum Gasteiger partial charge on any atom is -0.378 e. The van der Waals surface area contributed by atoms with Gasteiger partial charge in [0.15, 0.2) is 5.78 Å². The number of ketones is 1. The lowest BCUT2D eigenvalue weighted by atomic mass is 9.74. The Hall–Kier alpha value is -1.15. The molecular weight excluding hydrogens is 176 g/mol. The van der Waals surface area contributed by atoms with Crippen LogP contribution in [-0.2, 0) is 10.4 Å². The maximum absolute atomic E-state index is 11.6. The highest BCUT2D eigenvalue weighted by Crippen LogP contribution is 2.38. The fourth-order valence-electron chi connectivity index (χ4n) is 2.11. The summed E-state index contributed by atoms with van der Waals surface area (Å²) in [5.74, 6) is 0.141. The van der Waals surface area contributed by atoms with Gasteiger partial charge >= 0.3 is 0 Å². The first kappa shape index (κ1) is 9.41. The van der Waals surface area contributed by atoms with Crippen molar-refractivity contribution in [3.63, 3.8) is 0 Å². The highest BCUT2D eigenvalue weighted by molar-refractivity contribution is 5.90. The SMILES string of the molecule is C[C@H]1CC(=O)C(C)(O)c2ccccc21. The molecule has 0 aromatic heterocycles. The van der Waals surface area contributed by atoms with Gasteiger partial charge in [0.25, 0.3) is 0 Å². The number of hydrogen-bond donors (Lipinski definition) is 1. The Labute approximate surface area is 83.6 Å². The van der Waals surface area contributed by atoms with Crippen LogP contribution in [0.2, 0.25) is 0 Å². The molecular formula is C12H14O2. The Balaban J connectivity index is 2.63. The van der Waals surface area contributed by atoms with Gasteiger partial charge in [-0.25, -0.2) is 0 Å². The van der Waals surface area contributed by atoms with Crippen LogP contribution in [0.3, 0.4) is 0 Å². The number of carbonyl (C=O) groups excluding carboxylic acids is 1. The van der Waals surface area contributed by atoms with Crippen LogP contribution in [0.15, 0.2) is 24.3 Å². The molecule has 0 bridgehead atoms. The average Bonchev–Trinajstić information content (AvgIpc) is 2.16. The van der Waals surface area contributed by atoms with E-state index in [0.29, 0.717) is 6.42 Å². The summed E-state index contributed by atoms with van der Waals surface area (Å²) < 4.78 is 0. The molecule has 2 nitrogen and oxygen atoms in total. The van der Waals surface area contributed by atoms with E-state index in [1.54, 1.807) is 6.92 Å². The summed E-state index contributed by atoms with van der Waals surface area (Å²) in [6, 6.07) is 7.63. The highest BCUT2D eigenvalue weighted by atomic mass is 16.3. The first-order valence-electron chi connectivity index (χ1n) is 4.88. The Morgan fingerprint density at radius 1 is 1.43 bits per heavy atom. The van der Waals surface area contributed by atoms with Crippen molar-refractivity contribution in [1.82, 2.24) is 0 Å². The molecule has 0 radical (unpaired) electrons. The summed E-state index contributed by atoms with van der Waals surface area (Å²) in [6.45, 7) is 3.60. The highest BCUT2D eigenvalue weighted by Gasteiger charge is 2.39. The minimum atomic E-state index is -1.29. The monoisotopic (exact) mass is 190 g/mol. The zero-order valence-corrected chi connectivity index (χ0v) is 8.45. The van der Waals surface area contributed by atoms with E-state index in [9.17, 15) is 9.90 Å². The van der Waals surface area contributed by atoms with Gasteiger partial charge in [-0.15, -0.1) is 0 Å². The number of carbonyl (C=O) groups is 1. The lowest BCUT2D eigenvalue weighted by Crippen LogP contribution is -2.38. The molecule has 0 saturated heterocycles. The number of aliphatic hydroxyl groups is 1. The van der Waals surface area contributed by atoms with E-state index in [2.05, 4.69) is 0 Å². The van der Waals surface area contributed by atoms with E-state index in [1.807, 2.05) is 31.2 Å². The van der Waals surface area contributed by atoms with Gasteiger partial charge in [0.1, 0.15) is 5.60 Å². The number of fused-ring (bicyclic) bond motifs is 1. The number of rotatable bonds is 0. The topological polar surface area (TPSA) is 37.3 Å². The van der Waals surface area contributed by atoms with Gasteiger partial charge < -0.3 is 5.11 Å². The predicted octanol–water partition coefficient (Wildman–Crippen LogP) is 1.97. The summed E-state index contributed by atoms with van der Waals surface area (Å²) in [5, 5.41) is 10.1. The Bertz CT molecular complexity index is 380. The number of Topliss-reactive ketones (excluding diaryl/α,β-unsaturated/α-hetero) is 1. The first-order chi connectivity index (χ1) is 6.53. The van der Waals surface area contributed by atoms with Crippen LogP contribution in [0.5, 0.6) is 0 Å². The Morgan fingerprint density at radius 3 is 2.79 bits per heavy atom. The molecule has 0 heterocycles. The second kappa shape index (κ2) is 2.92. The van der Waals surface area contributed by atoms with Gasteiger partial charge in [-0.1, -0.05) is 31.2 Å². The normalized spacial score (nSPS) is 31.4. The van der Waals surface area contributed by atoms with Crippen molar-refractivity contribution in [3.8, 4) is 0 Å². The molecule has 2 rings (SSSR count). The van der Waals surface area contributed by atoms with Gasteiger partial charge in [0, 0.05) is 6.42 Å². The first-order valence-corrected chi connectivity index (χ1v) is 4.88.